The second kappa shape index (κ2) is 4.41. The van der Waals surface area contributed by atoms with Crippen molar-refractivity contribution in [1.82, 2.24) is 5.32 Å². The summed E-state index contributed by atoms with van der Waals surface area (Å²) in [6, 6.07) is 4.42. The lowest BCUT2D eigenvalue weighted by molar-refractivity contribution is 0.348. The fourth-order valence-electron chi connectivity index (χ4n) is 1.69. The zero-order valence-electron chi connectivity index (χ0n) is 8.84. The molecule has 1 aromatic rings. The summed E-state index contributed by atoms with van der Waals surface area (Å²) < 4.78 is 11.6. The van der Waals surface area contributed by atoms with Crippen LogP contribution in [-0.4, -0.2) is 20.8 Å². The Morgan fingerprint density at radius 2 is 1.87 bits per heavy atom. The molecule has 0 amide bonds. The van der Waals surface area contributed by atoms with Gasteiger partial charge in [0.2, 0.25) is 0 Å². The molecule has 15 heavy (non-hydrogen) atoms. The Morgan fingerprint density at radius 3 is 2.33 bits per heavy atom. The van der Waals surface area contributed by atoms with E-state index in [1.165, 1.54) is 12.0 Å². The van der Waals surface area contributed by atoms with Crippen molar-refractivity contribution in [1.29, 1.82) is 0 Å². The number of methoxy groups -OCH3 is 2. The van der Waals surface area contributed by atoms with Crippen molar-refractivity contribution in [3.05, 3.63) is 22.2 Å². The highest BCUT2D eigenvalue weighted by Crippen LogP contribution is 2.38. The van der Waals surface area contributed by atoms with Gasteiger partial charge in [-0.3, -0.25) is 0 Å². The molecule has 0 bridgehead atoms. The summed E-state index contributed by atoms with van der Waals surface area (Å²) in [7, 11) is 3.30. The maximum Gasteiger partial charge on any atom is 0.161 e. The fourth-order valence-corrected chi connectivity index (χ4v) is 2.29. The van der Waals surface area contributed by atoms with Crippen LogP contribution in [0.1, 0.15) is 18.0 Å². The van der Waals surface area contributed by atoms with Crippen molar-refractivity contribution in [2.24, 2.45) is 0 Å². The molecule has 1 atom stereocenters. The van der Waals surface area contributed by atoms with E-state index in [0.717, 1.165) is 22.5 Å². The molecule has 1 N–H and O–H groups in total. The SMILES string of the molecule is COc1cc(Br)c([C@@H]2CCN2)cc1OC. The molecule has 2 rings (SSSR count). The van der Waals surface area contributed by atoms with Crippen molar-refractivity contribution >= 4 is 15.9 Å². The number of hydrogen-bond acceptors (Lipinski definition) is 3. The van der Waals surface area contributed by atoms with Crippen LogP contribution in [0.4, 0.5) is 0 Å². The van der Waals surface area contributed by atoms with Gasteiger partial charge >= 0.3 is 0 Å². The molecule has 0 aromatic heterocycles. The maximum atomic E-state index is 5.28. The predicted octanol–water partition coefficient (Wildman–Crippen LogP) is 2.50. The van der Waals surface area contributed by atoms with Crippen LogP contribution in [0.25, 0.3) is 0 Å². The molecule has 4 heteroatoms. The van der Waals surface area contributed by atoms with Gasteiger partial charge in [0.25, 0.3) is 0 Å². The van der Waals surface area contributed by atoms with Gasteiger partial charge in [-0.2, -0.15) is 0 Å². The van der Waals surface area contributed by atoms with E-state index >= 15 is 0 Å². The van der Waals surface area contributed by atoms with Crippen molar-refractivity contribution in [3.8, 4) is 11.5 Å². The lowest BCUT2D eigenvalue weighted by Crippen LogP contribution is -2.35. The molecule has 0 aliphatic carbocycles. The van der Waals surface area contributed by atoms with Crippen LogP contribution >= 0.6 is 15.9 Å². The molecule has 3 nitrogen and oxygen atoms in total. The van der Waals surface area contributed by atoms with Crippen LogP contribution in [0, 0.1) is 0 Å². The average molecular weight is 272 g/mol. The first-order valence-electron chi connectivity index (χ1n) is 4.91. The maximum absolute atomic E-state index is 5.28. The van der Waals surface area contributed by atoms with Gasteiger partial charge in [0.05, 0.1) is 14.2 Å². The second-order valence-electron chi connectivity index (χ2n) is 3.52. The summed E-state index contributed by atoms with van der Waals surface area (Å²) in [5, 5.41) is 3.37. The van der Waals surface area contributed by atoms with Gasteiger partial charge < -0.3 is 14.8 Å². The molecule has 1 fully saturated rings. The molecule has 0 saturated carbocycles. The van der Waals surface area contributed by atoms with Gasteiger partial charge in [-0.05, 0) is 30.7 Å². The third-order valence-corrected chi connectivity index (χ3v) is 3.39. The Labute approximate surface area is 97.9 Å². The van der Waals surface area contributed by atoms with E-state index in [1.54, 1.807) is 14.2 Å². The first kappa shape index (κ1) is 10.8. The molecular formula is C11H14BrNO2. The predicted molar refractivity (Wildman–Crippen MR) is 62.6 cm³/mol. The van der Waals surface area contributed by atoms with Crippen LogP contribution in [0.5, 0.6) is 11.5 Å². The summed E-state index contributed by atoms with van der Waals surface area (Å²) in [6.07, 6.45) is 1.17. The van der Waals surface area contributed by atoms with E-state index in [4.69, 9.17) is 9.47 Å². The van der Waals surface area contributed by atoms with Gasteiger partial charge in [-0.1, -0.05) is 15.9 Å². The lowest BCUT2D eigenvalue weighted by atomic mass is 9.98. The van der Waals surface area contributed by atoms with Crippen molar-refractivity contribution in [2.75, 3.05) is 20.8 Å². The second-order valence-corrected chi connectivity index (χ2v) is 4.38. The Kier molecular flexibility index (Phi) is 3.17. The first-order chi connectivity index (χ1) is 7.26. The molecule has 1 heterocycles. The van der Waals surface area contributed by atoms with Gasteiger partial charge in [-0.15, -0.1) is 0 Å². The molecule has 1 aliphatic rings. The van der Waals surface area contributed by atoms with Crippen LogP contribution in [0.15, 0.2) is 16.6 Å². The number of halogens is 1. The Hall–Kier alpha value is -0.740. The fraction of sp³-hybridized carbons (Fsp3) is 0.455. The molecule has 1 aliphatic heterocycles. The van der Waals surface area contributed by atoms with Crippen LogP contribution in [-0.2, 0) is 0 Å². The molecule has 1 aromatic carbocycles. The number of rotatable bonds is 3. The first-order valence-corrected chi connectivity index (χ1v) is 5.70. The molecule has 82 valence electrons. The summed E-state index contributed by atoms with van der Waals surface area (Å²) >= 11 is 3.55. The lowest BCUT2D eigenvalue weighted by Gasteiger charge is -2.29. The largest absolute Gasteiger partial charge is 0.493 e. The van der Waals surface area contributed by atoms with Crippen molar-refractivity contribution in [3.63, 3.8) is 0 Å². The normalized spacial score (nSPS) is 19.5. The van der Waals surface area contributed by atoms with E-state index in [-0.39, 0.29) is 0 Å². The minimum atomic E-state index is 0.444. The monoisotopic (exact) mass is 271 g/mol. The van der Waals surface area contributed by atoms with E-state index in [2.05, 4.69) is 21.2 Å². The van der Waals surface area contributed by atoms with E-state index in [9.17, 15) is 0 Å². The molecule has 1 saturated heterocycles. The highest BCUT2D eigenvalue weighted by Gasteiger charge is 2.22. The third kappa shape index (κ3) is 1.96. The smallest absolute Gasteiger partial charge is 0.161 e. The Morgan fingerprint density at radius 1 is 1.27 bits per heavy atom. The molecule has 0 radical (unpaired) electrons. The summed E-state index contributed by atoms with van der Waals surface area (Å²) in [4.78, 5) is 0. The molecule has 0 spiro atoms. The minimum Gasteiger partial charge on any atom is -0.493 e. The van der Waals surface area contributed by atoms with Crippen LogP contribution in [0.3, 0.4) is 0 Å². The highest BCUT2D eigenvalue weighted by atomic mass is 79.9. The van der Waals surface area contributed by atoms with Crippen molar-refractivity contribution < 1.29 is 9.47 Å². The van der Waals surface area contributed by atoms with Crippen LogP contribution in [0.2, 0.25) is 0 Å². The quantitative estimate of drug-likeness (QED) is 0.917. The van der Waals surface area contributed by atoms with E-state index in [0.29, 0.717) is 6.04 Å². The molecule has 0 unspecified atom stereocenters. The van der Waals surface area contributed by atoms with Crippen molar-refractivity contribution in [2.45, 2.75) is 12.5 Å². The summed E-state index contributed by atoms with van der Waals surface area (Å²) in [5.74, 6) is 1.54. The summed E-state index contributed by atoms with van der Waals surface area (Å²) in [6.45, 7) is 1.09. The minimum absolute atomic E-state index is 0.444. The number of nitrogens with one attached hydrogen (secondary N) is 1. The Balaban J connectivity index is 2.38. The third-order valence-electron chi connectivity index (χ3n) is 2.70. The topological polar surface area (TPSA) is 30.5 Å². The van der Waals surface area contributed by atoms with Crippen LogP contribution < -0.4 is 14.8 Å². The standard InChI is InChI=1S/C11H14BrNO2/c1-14-10-5-7(9-3-4-13-9)8(12)6-11(10)15-2/h5-6,9,13H,3-4H2,1-2H3/t9-/m0/s1. The van der Waals surface area contributed by atoms with Gasteiger partial charge in [-0.25, -0.2) is 0 Å². The zero-order chi connectivity index (χ0) is 10.8. The van der Waals surface area contributed by atoms with E-state index in [1.807, 2.05) is 12.1 Å². The molecular weight excluding hydrogens is 258 g/mol. The highest BCUT2D eigenvalue weighted by molar-refractivity contribution is 9.10. The number of hydrogen-bond donors (Lipinski definition) is 1. The number of benzene rings is 1. The zero-order valence-corrected chi connectivity index (χ0v) is 10.4. The van der Waals surface area contributed by atoms with Gasteiger partial charge in [0.15, 0.2) is 11.5 Å². The summed E-state index contributed by atoms with van der Waals surface area (Å²) in [5.41, 5.74) is 1.24. The van der Waals surface area contributed by atoms with Gasteiger partial charge in [0, 0.05) is 10.5 Å². The van der Waals surface area contributed by atoms with Gasteiger partial charge in [0.1, 0.15) is 0 Å². The Bertz CT molecular complexity index is 364. The van der Waals surface area contributed by atoms with E-state index < -0.39 is 0 Å². The number of ether oxygens (including phenoxy) is 2. The average Bonchev–Trinajstić information content (AvgIpc) is 2.17.